The largest absolute Gasteiger partial charge is 0.374 e. The molecule has 2 aromatic carbocycles. The summed E-state index contributed by atoms with van der Waals surface area (Å²) in [6, 6.07) is 11.8. The standard InChI is InChI=1S/C28H33F2N5O4/c1-27(2,31)25(37)32-22(16-39-15-19-9-10-20(29)21(30)13-19)24(36)35-12-11-23-28(17-35,26(38)34(3)33-23)14-18-7-5-4-6-8-18/h4-10,13,22H,11-12,14-17,31H2,1-3H3,(H,32,37)/t22-,28-/m1/s1. The first-order valence-electron chi connectivity index (χ1n) is 12.7. The normalized spacial score (nSPS) is 19.9. The predicted octanol–water partition coefficient (Wildman–Crippen LogP) is 1.99. The van der Waals surface area contributed by atoms with Crippen molar-refractivity contribution in [3.63, 3.8) is 0 Å². The van der Waals surface area contributed by atoms with Gasteiger partial charge in [0.2, 0.25) is 11.8 Å². The number of rotatable bonds is 9. The zero-order chi connectivity index (χ0) is 28.4. The summed E-state index contributed by atoms with van der Waals surface area (Å²) in [5.41, 5.74) is 5.69. The summed E-state index contributed by atoms with van der Waals surface area (Å²) in [4.78, 5) is 41.5. The highest BCUT2D eigenvalue weighted by atomic mass is 19.2. The van der Waals surface area contributed by atoms with Crippen LogP contribution in [-0.2, 0) is 32.1 Å². The van der Waals surface area contributed by atoms with Gasteiger partial charge in [-0.2, -0.15) is 5.10 Å². The van der Waals surface area contributed by atoms with Crippen molar-refractivity contribution in [2.24, 2.45) is 16.3 Å². The summed E-state index contributed by atoms with van der Waals surface area (Å²) in [6.07, 6.45) is 0.770. The van der Waals surface area contributed by atoms with Gasteiger partial charge in [-0.1, -0.05) is 36.4 Å². The van der Waals surface area contributed by atoms with Crippen molar-refractivity contribution in [3.8, 4) is 0 Å². The molecule has 2 heterocycles. The Morgan fingerprint density at radius 3 is 2.54 bits per heavy atom. The van der Waals surface area contributed by atoms with Crippen LogP contribution in [0.3, 0.4) is 0 Å². The number of benzene rings is 2. The molecule has 0 bridgehead atoms. The van der Waals surface area contributed by atoms with E-state index in [1.54, 1.807) is 11.9 Å². The number of likely N-dealkylation sites (tertiary alicyclic amines) is 1. The van der Waals surface area contributed by atoms with Crippen molar-refractivity contribution in [2.45, 2.75) is 44.9 Å². The molecule has 2 atom stereocenters. The van der Waals surface area contributed by atoms with Gasteiger partial charge in [0, 0.05) is 26.6 Å². The molecule has 208 valence electrons. The van der Waals surface area contributed by atoms with Crippen LogP contribution in [0.1, 0.15) is 31.4 Å². The Hall–Kier alpha value is -3.70. The van der Waals surface area contributed by atoms with Crippen LogP contribution in [0.15, 0.2) is 53.6 Å². The second-order valence-corrected chi connectivity index (χ2v) is 10.6. The van der Waals surface area contributed by atoms with Crippen LogP contribution in [0.4, 0.5) is 8.78 Å². The summed E-state index contributed by atoms with van der Waals surface area (Å²) in [7, 11) is 1.60. The van der Waals surface area contributed by atoms with Gasteiger partial charge in [-0.15, -0.1) is 0 Å². The van der Waals surface area contributed by atoms with Crippen molar-refractivity contribution >= 4 is 23.4 Å². The molecule has 0 aliphatic carbocycles. The number of ether oxygens (including phenoxy) is 1. The molecule has 2 aliphatic rings. The maximum Gasteiger partial charge on any atom is 0.256 e. The molecular formula is C28H33F2N5O4. The minimum Gasteiger partial charge on any atom is -0.374 e. The van der Waals surface area contributed by atoms with Gasteiger partial charge in [0.05, 0.1) is 24.5 Å². The smallest absolute Gasteiger partial charge is 0.256 e. The number of piperidine rings is 1. The van der Waals surface area contributed by atoms with Crippen LogP contribution in [0, 0.1) is 17.0 Å². The summed E-state index contributed by atoms with van der Waals surface area (Å²) < 4.78 is 32.5. The molecule has 0 radical (unpaired) electrons. The van der Waals surface area contributed by atoms with Crippen molar-refractivity contribution in [1.29, 1.82) is 0 Å². The average Bonchev–Trinajstić information content (AvgIpc) is 3.14. The molecule has 2 aromatic rings. The molecular weight excluding hydrogens is 508 g/mol. The van der Waals surface area contributed by atoms with Crippen LogP contribution in [-0.4, -0.2) is 71.7 Å². The van der Waals surface area contributed by atoms with Crippen molar-refractivity contribution in [3.05, 3.63) is 71.3 Å². The van der Waals surface area contributed by atoms with Gasteiger partial charge in [-0.05, 0) is 43.5 Å². The number of carbonyl (C=O) groups is 3. The molecule has 39 heavy (non-hydrogen) atoms. The fraction of sp³-hybridized carbons (Fsp3) is 0.429. The van der Waals surface area contributed by atoms with Crippen LogP contribution in [0.2, 0.25) is 0 Å². The van der Waals surface area contributed by atoms with E-state index in [2.05, 4.69) is 10.4 Å². The topological polar surface area (TPSA) is 117 Å². The number of nitrogens with zero attached hydrogens (tertiary/aromatic N) is 3. The molecule has 4 rings (SSSR count). The van der Waals surface area contributed by atoms with E-state index in [9.17, 15) is 23.2 Å². The average molecular weight is 542 g/mol. The number of amides is 3. The molecule has 1 fully saturated rings. The molecule has 3 amide bonds. The predicted molar refractivity (Wildman–Crippen MR) is 140 cm³/mol. The third-order valence-corrected chi connectivity index (χ3v) is 6.99. The van der Waals surface area contributed by atoms with Gasteiger partial charge >= 0.3 is 0 Å². The third kappa shape index (κ3) is 6.15. The van der Waals surface area contributed by atoms with Gasteiger partial charge in [0.1, 0.15) is 11.5 Å². The van der Waals surface area contributed by atoms with Gasteiger partial charge in [0.25, 0.3) is 5.91 Å². The van der Waals surface area contributed by atoms with E-state index >= 15 is 0 Å². The maximum atomic E-state index is 13.8. The van der Waals surface area contributed by atoms with Gasteiger partial charge in [-0.3, -0.25) is 14.4 Å². The third-order valence-electron chi connectivity index (χ3n) is 6.99. The molecule has 2 aliphatic heterocycles. The van der Waals surface area contributed by atoms with E-state index in [0.29, 0.717) is 24.9 Å². The minimum absolute atomic E-state index is 0.0876. The zero-order valence-electron chi connectivity index (χ0n) is 22.2. The number of nitrogens with two attached hydrogens (primary N) is 1. The molecule has 3 N–H and O–H groups in total. The Kier molecular flexibility index (Phi) is 8.12. The molecule has 0 spiro atoms. The zero-order valence-corrected chi connectivity index (χ0v) is 22.2. The summed E-state index contributed by atoms with van der Waals surface area (Å²) >= 11 is 0. The lowest BCUT2D eigenvalue weighted by atomic mass is 9.73. The highest BCUT2D eigenvalue weighted by molar-refractivity contribution is 6.13. The van der Waals surface area contributed by atoms with Gasteiger partial charge < -0.3 is 20.7 Å². The number of nitrogens with one attached hydrogen (secondary N) is 1. The van der Waals surface area contributed by atoms with E-state index in [0.717, 1.165) is 23.4 Å². The van der Waals surface area contributed by atoms with Gasteiger partial charge in [-0.25, -0.2) is 13.8 Å². The molecule has 1 saturated heterocycles. The summed E-state index contributed by atoms with van der Waals surface area (Å²) in [5, 5.41) is 8.46. The van der Waals surface area contributed by atoms with E-state index in [-0.39, 0.29) is 25.7 Å². The minimum atomic E-state index is -1.26. The lowest BCUT2D eigenvalue weighted by Crippen LogP contribution is -2.61. The van der Waals surface area contributed by atoms with E-state index in [1.165, 1.54) is 24.9 Å². The van der Waals surface area contributed by atoms with Crippen LogP contribution in [0.5, 0.6) is 0 Å². The van der Waals surface area contributed by atoms with Crippen molar-refractivity contribution < 1.29 is 27.9 Å². The second kappa shape index (κ2) is 11.2. The number of halogens is 2. The van der Waals surface area contributed by atoms with E-state index in [1.807, 2.05) is 30.3 Å². The first-order valence-corrected chi connectivity index (χ1v) is 12.7. The monoisotopic (exact) mass is 541 g/mol. The number of hydrogen-bond acceptors (Lipinski definition) is 6. The van der Waals surface area contributed by atoms with Crippen molar-refractivity contribution in [1.82, 2.24) is 15.2 Å². The quantitative estimate of drug-likeness (QED) is 0.504. The number of hydrogen-bond donors (Lipinski definition) is 2. The Labute approximate surface area is 226 Å². The summed E-state index contributed by atoms with van der Waals surface area (Å²) in [5.74, 6) is -3.19. The Morgan fingerprint density at radius 1 is 1.15 bits per heavy atom. The first-order chi connectivity index (χ1) is 18.4. The highest BCUT2D eigenvalue weighted by Crippen LogP contribution is 2.38. The Bertz CT molecular complexity index is 1280. The Morgan fingerprint density at radius 2 is 1.87 bits per heavy atom. The van der Waals surface area contributed by atoms with Gasteiger partial charge in [0.15, 0.2) is 11.6 Å². The molecule has 9 nitrogen and oxygen atoms in total. The fourth-order valence-electron chi connectivity index (χ4n) is 4.88. The SMILES string of the molecule is CN1N=C2CCN(C(=O)[C@@H](COCc3ccc(F)c(F)c3)NC(=O)C(C)(C)N)C[C@@]2(Cc2ccccc2)C1=O. The number of fused-ring (bicyclic) bond motifs is 1. The van der Waals surface area contributed by atoms with Crippen LogP contribution < -0.4 is 11.1 Å². The summed E-state index contributed by atoms with van der Waals surface area (Å²) in [6.45, 7) is 3.06. The maximum absolute atomic E-state index is 13.8. The number of carbonyl (C=O) groups excluding carboxylic acids is 3. The lowest BCUT2D eigenvalue weighted by Gasteiger charge is -2.40. The number of hydrazone groups is 1. The molecule has 11 heteroatoms. The van der Waals surface area contributed by atoms with Crippen molar-refractivity contribution in [2.75, 3.05) is 26.7 Å². The molecule has 0 unspecified atom stereocenters. The molecule has 0 aromatic heterocycles. The fourth-order valence-corrected chi connectivity index (χ4v) is 4.88. The van der Waals surface area contributed by atoms with E-state index < -0.39 is 40.4 Å². The second-order valence-electron chi connectivity index (χ2n) is 10.6. The lowest BCUT2D eigenvalue weighted by molar-refractivity contribution is -0.143. The van der Waals surface area contributed by atoms with Crippen LogP contribution >= 0.6 is 0 Å². The van der Waals surface area contributed by atoms with E-state index in [4.69, 9.17) is 10.5 Å². The Balaban J connectivity index is 1.54. The van der Waals surface area contributed by atoms with Crippen LogP contribution in [0.25, 0.3) is 0 Å². The molecule has 0 saturated carbocycles. The first kappa shape index (κ1) is 28.3. The highest BCUT2D eigenvalue weighted by Gasteiger charge is 2.54.